The van der Waals surface area contributed by atoms with Crippen molar-refractivity contribution in [3.63, 3.8) is 0 Å². The number of hydrogen-bond acceptors (Lipinski definition) is 6. The van der Waals surface area contributed by atoms with Crippen LogP contribution in [0, 0.1) is 0 Å². The molecule has 1 atom stereocenters. The van der Waals surface area contributed by atoms with Crippen LogP contribution < -0.4 is 0 Å². The van der Waals surface area contributed by atoms with Gasteiger partial charge in [0.1, 0.15) is 13.2 Å². The summed E-state index contributed by atoms with van der Waals surface area (Å²) in [4.78, 5) is 38.3. The normalized spacial score (nSPS) is 12.5. The number of esters is 3. The molecule has 0 radical (unpaired) electrons. The zero-order valence-corrected chi connectivity index (χ0v) is 54.8. The van der Waals surface area contributed by atoms with Gasteiger partial charge in [-0.2, -0.15) is 0 Å². The molecule has 6 heteroatoms. The summed E-state index contributed by atoms with van der Waals surface area (Å²) in [5.74, 6) is -0.892. The summed E-state index contributed by atoms with van der Waals surface area (Å²) in [6.07, 6.45) is 92.4. The van der Waals surface area contributed by atoms with Crippen LogP contribution in [0.5, 0.6) is 0 Å². The Bertz CT molecular complexity index is 1500. The predicted molar refractivity (Wildman–Crippen MR) is 358 cm³/mol. The Morgan fingerprint density at radius 1 is 0.244 bits per heavy atom. The highest BCUT2D eigenvalue weighted by molar-refractivity contribution is 5.71. The van der Waals surface area contributed by atoms with E-state index >= 15 is 0 Å². The third kappa shape index (κ3) is 67.6. The third-order valence-corrected chi connectivity index (χ3v) is 15.9. The molecule has 0 N–H and O–H groups in total. The number of ether oxygens (including phenoxy) is 3. The summed E-state index contributed by atoms with van der Waals surface area (Å²) in [7, 11) is 0. The molecule has 0 rings (SSSR count). The van der Waals surface area contributed by atoms with Crippen molar-refractivity contribution in [1.29, 1.82) is 0 Å². The third-order valence-electron chi connectivity index (χ3n) is 15.9. The second-order valence-electron chi connectivity index (χ2n) is 24.1. The van der Waals surface area contributed by atoms with Crippen LogP contribution in [0.25, 0.3) is 0 Å². The van der Waals surface area contributed by atoms with Crippen LogP contribution in [0.3, 0.4) is 0 Å². The van der Waals surface area contributed by atoms with Crippen molar-refractivity contribution in [2.75, 3.05) is 13.2 Å². The van der Waals surface area contributed by atoms with E-state index in [1.807, 2.05) is 0 Å². The van der Waals surface area contributed by atoms with Crippen molar-refractivity contribution in [2.45, 2.75) is 380 Å². The van der Waals surface area contributed by atoms with E-state index in [0.717, 1.165) is 109 Å². The van der Waals surface area contributed by atoms with Gasteiger partial charge in [-0.25, -0.2) is 0 Å². The Morgan fingerprint density at radius 2 is 0.451 bits per heavy atom. The van der Waals surface area contributed by atoms with E-state index in [1.165, 1.54) is 225 Å². The van der Waals surface area contributed by atoms with Gasteiger partial charge in [0.2, 0.25) is 0 Å². The van der Waals surface area contributed by atoms with Crippen molar-refractivity contribution in [2.24, 2.45) is 0 Å². The molecule has 0 bridgehead atoms. The van der Waals surface area contributed by atoms with E-state index in [1.54, 1.807) is 0 Å². The molecule has 0 aliphatic rings. The van der Waals surface area contributed by atoms with Gasteiger partial charge in [-0.3, -0.25) is 14.4 Å². The zero-order chi connectivity index (χ0) is 59.2. The van der Waals surface area contributed by atoms with Crippen molar-refractivity contribution in [3.8, 4) is 0 Å². The maximum atomic E-state index is 12.9. The smallest absolute Gasteiger partial charge is 0.306 e. The molecular formula is C76H136O6. The predicted octanol–water partition coefficient (Wildman–Crippen LogP) is 24.8. The summed E-state index contributed by atoms with van der Waals surface area (Å²) in [5.41, 5.74) is 0. The number of allylic oxidation sites excluding steroid dienone is 12. The lowest BCUT2D eigenvalue weighted by atomic mass is 10.0. The quantitative estimate of drug-likeness (QED) is 0.0261. The van der Waals surface area contributed by atoms with E-state index < -0.39 is 6.10 Å². The standard InChI is InChI=1S/C76H136O6/c1-4-7-10-13-16-19-22-25-28-29-30-31-32-33-34-35-36-37-38-39-40-41-42-43-44-45-46-47-49-51-54-57-60-63-66-69-75(78)81-72-73(71-80-74(77)68-65-62-59-56-53-50-27-24-21-18-15-12-9-6-3)82-76(79)70-67-64-61-58-55-52-48-26-23-20-17-14-11-8-5-2/h15,17-18,20,22,24-27,29-30,48,73H,4-14,16,19,21,23,28,31-47,49-72H2,1-3H3/b18-15-,20-17-,25-22-,27-24-,30-29-,48-26-. The maximum Gasteiger partial charge on any atom is 0.306 e. The van der Waals surface area contributed by atoms with Gasteiger partial charge in [0.05, 0.1) is 0 Å². The highest BCUT2D eigenvalue weighted by Gasteiger charge is 2.19. The molecule has 476 valence electrons. The average Bonchev–Trinajstić information content (AvgIpc) is 3.47. The zero-order valence-electron chi connectivity index (χ0n) is 54.8. The highest BCUT2D eigenvalue weighted by Crippen LogP contribution is 2.18. The minimum absolute atomic E-state index is 0.0822. The molecule has 0 aromatic rings. The number of carbonyl (C=O) groups excluding carboxylic acids is 3. The fourth-order valence-electron chi connectivity index (χ4n) is 10.5. The number of carbonyl (C=O) groups is 3. The second kappa shape index (κ2) is 70.3. The lowest BCUT2D eigenvalue weighted by Gasteiger charge is -2.18. The summed E-state index contributed by atoms with van der Waals surface area (Å²) in [5, 5.41) is 0. The van der Waals surface area contributed by atoms with Gasteiger partial charge in [-0.15, -0.1) is 0 Å². The SMILES string of the molecule is CCCC/C=C\C/C=C\CCCCCCCC(=O)OCC(COC(=O)CCCCCCCCCCCCCCCCCCCCCCCCC/C=C\C/C=C\CCCCCCC)OC(=O)CCCCCCC/C=C\C/C=C\CCCCC. The van der Waals surface area contributed by atoms with Gasteiger partial charge < -0.3 is 14.2 Å². The molecule has 0 saturated heterocycles. The first kappa shape index (κ1) is 78.8. The summed E-state index contributed by atoms with van der Waals surface area (Å²) >= 11 is 0. The van der Waals surface area contributed by atoms with Gasteiger partial charge >= 0.3 is 17.9 Å². The molecule has 0 heterocycles. The van der Waals surface area contributed by atoms with E-state index in [0.29, 0.717) is 19.3 Å². The second-order valence-corrected chi connectivity index (χ2v) is 24.1. The van der Waals surface area contributed by atoms with Crippen molar-refractivity contribution >= 4 is 17.9 Å². The van der Waals surface area contributed by atoms with Crippen molar-refractivity contribution in [1.82, 2.24) is 0 Å². The van der Waals surface area contributed by atoms with Crippen LogP contribution in [-0.4, -0.2) is 37.2 Å². The fourth-order valence-corrected chi connectivity index (χ4v) is 10.5. The van der Waals surface area contributed by atoms with Crippen LogP contribution in [0.4, 0.5) is 0 Å². The van der Waals surface area contributed by atoms with Crippen LogP contribution in [0.15, 0.2) is 72.9 Å². The minimum atomic E-state index is -0.788. The van der Waals surface area contributed by atoms with Crippen molar-refractivity contribution in [3.05, 3.63) is 72.9 Å². The van der Waals surface area contributed by atoms with E-state index in [4.69, 9.17) is 14.2 Å². The van der Waals surface area contributed by atoms with E-state index in [-0.39, 0.29) is 31.1 Å². The van der Waals surface area contributed by atoms with Gasteiger partial charge in [0, 0.05) is 19.3 Å². The Hall–Kier alpha value is -3.15. The summed E-state index contributed by atoms with van der Waals surface area (Å²) in [6, 6.07) is 0. The molecular weight excluding hydrogens is 1010 g/mol. The summed E-state index contributed by atoms with van der Waals surface area (Å²) < 4.78 is 16.9. The van der Waals surface area contributed by atoms with Crippen LogP contribution in [0.2, 0.25) is 0 Å². The lowest BCUT2D eigenvalue weighted by Crippen LogP contribution is -2.30. The number of rotatable bonds is 66. The average molecular weight is 1150 g/mol. The van der Waals surface area contributed by atoms with Crippen LogP contribution in [0.1, 0.15) is 374 Å². The number of hydrogen-bond donors (Lipinski definition) is 0. The first-order chi connectivity index (χ1) is 40.5. The topological polar surface area (TPSA) is 78.9 Å². The van der Waals surface area contributed by atoms with Gasteiger partial charge in [0.25, 0.3) is 0 Å². The molecule has 0 amide bonds. The Morgan fingerprint density at radius 3 is 0.732 bits per heavy atom. The van der Waals surface area contributed by atoms with Gasteiger partial charge in [-0.05, 0) is 109 Å². The molecule has 6 nitrogen and oxygen atoms in total. The van der Waals surface area contributed by atoms with Crippen molar-refractivity contribution < 1.29 is 28.6 Å². The number of unbranched alkanes of at least 4 members (excludes halogenated alkanes) is 43. The van der Waals surface area contributed by atoms with Gasteiger partial charge in [0.15, 0.2) is 6.10 Å². The highest BCUT2D eigenvalue weighted by atomic mass is 16.6. The first-order valence-corrected chi connectivity index (χ1v) is 35.9. The maximum absolute atomic E-state index is 12.9. The molecule has 0 aliphatic carbocycles. The molecule has 0 aromatic heterocycles. The van der Waals surface area contributed by atoms with E-state index in [9.17, 15) is 14.4 Å². The largest absolute Gasteiger partial charge is 0.462 e. The van der Waals surface area contributed by atoms with Gasteiger partial charge in [-0.1, -0.05) is 318 Å². The van der Waals surface area contributed by atoms with Crippen LogP contribution >= 0.6 is 0 Å². The fraction of sp³-hybridized carbons (Fsp3) is 0.803. The molecule has 0 spiro atoms. The molecule has 0 aromatic carbocycles. The first-order valence-electron chi connectivity index (χ1n) is 35.9. The molecule has 82 heavy (non-hydrogen) atoms. The van der Waals surface area contributed by atoms with Crippen LogP contribution in [-0.2, 0) is 28.6 Å². The Labute approximate surface area is 510 Å². The summed E-state index contributed by atoms with van der Waals surface area (Å²) in [6.45, 7) is 6.58. The monoisotopic (exact) mass is 1150 g/mol. The molecule has 0 saturated carbocycles. The Kier molecular flexibility index (Phi) is 67.6. The minimum Gasteiger partial charge on any atom is -0.462 e. The molecule has 0 aliphatic heterocycles. The molecule has 0 fully saturated rings. The molecule has 1 unspecified atom stereocenters. The lowest BCUT2D eigenvalue weighted by molar-refractivity contribution is -0.167. The Balaban J connectivity index is 4.10. The van der Waals surface area contributed by atoms with E-state index in [2.05, 4.69) is 93.7 Å².